The zero-order chi connectivity index (χ0) is 20.7. The average molecular weight is 401 g/mol. The van der Waals surface area contributed by atoms with Gasteiger partial charge in [-0.3, -0.25) is 9.20 Å². The summed E-state index contributed by atoms with van der Waals surface area (Å²) < 4.78 is 3.86. The summed E-state index contributed by atoms with van der Waals surface area (Å²) in [6, 6.07) is 15.0. The van der Waals surface area contributed by atoms with E-state index in [1.807, 2.05) is 69.7 Å². The molecule has 0 aliphatic carbocycles. The van der Waals surface area contributed by atoms with Gasteiger partial charge in [-0.05, 0) is 60.7 Å². The zero-order valence-electron chi connectivity index (χ0n) is 16.8. The van der Waals surface area contributed by atoms with Crippen LogP contribution in [0.15, 0.2) is 60.9 Å². The Balaban J connectivity index is 1.35. The first kappa shape index (κ1) is 18.4. The molecule has 1 aliphatic heterocycles. The minimum atomic E-state index is 0.0295. The normalized spacial score (nSPS) is 16.4. The maximum Gasteiger partial charge on any atom is 0.255 e. The summed E-state index contributed by atoms with van der Waals surface area (Å²) >= 11 is 0. The second kappa shape index (κ2) is 7.33. The minimum absolute atomic E-state index is 0.0295. The topological polar surface area (TPSA) is 75.7 Å². The predicted molar refractivity (Wildman–Crippen MR) is 113 cm³/mol. The standard InChI is InChI=1S/C23H23N5O2/c1-26-10-3-6-20(26)22-25-24-21-8-7-18(15-28(21)22)23(30)27-11-9-17(14-27)12-16-4-2-5-19(29)13-16/h2-8,10,13,15,17,29H,9,11-12,14H2,1H3. The predicted octanol–water partition coefficient (Wildman–Crippen LogP) is 3.15. The number of aromatic hydroxyl groups is 1. The monoisotopic (exact) mass is 401 g/mol. The SMILES string of the molecule is Cn1cccc1-c1nnc2ccc(C(=O)N3CCC(Cc4cccc(O)c4)C3)cn12. The first-order valence-electron chi connectivity index (χ1n) is 10.1. The Morgan fingerprint density at radius 3 is 2.87 bits per heavy atom. The number of carbonyl (C=O) groups is 1. The van der Waals surface area contributed by atoms with E-state index in [0.29, 0.717) is 17.1 Å². The zero-order valence-corrected chi connectivity index (χ0v) is 16.8. The Morgan fingerprint density at radius 2 is 2.07 bits per heavy atom. The number of aryl methyl sites for hydroxylation is 1. The van der Waals surface area contributed by atoms with E-state index < -0.39 is 0 Å². The fourth-order valence-electron chi connectivity index (χ4n) is 4.27. The molecule has 1 fully saturated rings. The highest BCUT2D eigenvalue weighted by atomic mass is 16.3. The third kappa shape index (κ3) is 3.32. The van der Waals surface area contributed by atoms with Gasteiger partial charge in [0, 0.05) is 32.5 Å². The third-order valence-corrected chi connectivity index (χ3v) is 5.83. The summed E-state index contributed by atoms with van der Waals surface area (Å²) in [6.07, 6.45) is 5.62. The van der Waals surface area contributed by atoms with Gasteiger partial charge >= 0.3 is 0 Å². The maximum atomic E-state index is 13.2. The lowest BCUT2D eigenvalue weighted by Crippen LogP contribution is -2.29. The fourth-order valence-corrected chi connectivity index (χ4v) is 4.27. The van der Waals surface area contributed by atoms with Crippen molar-refractivity contribution >= 4 is 11.6 Å². The van der Waals surface area contributed by atoms with Crippen LogP contribution in [0.5, 0.6) is 5.75 Å². The quantitative estimate of drug-likeness (QED) is 0.570. The molecule has 4 aromatic rings. The van der Waals surface area contributed by atoms with Crippen LogP contribution in [0.2, 0.25) is 0 Å². The van der Waals surface area contributed by atoms with Crippen LogP contribution in [0, 0.1) is 5.92 Å². The molecule has 0 spiro atoms. The number of phenolic OH excluding ortho intramolecular Hbond substituents is 1. The summed E-state index contributed by atoms with van der Waals surface area (Å²) in [5.41, 5.74) is 3.40. The van der Waals surface area contributed by atoms with Gasteiger partial charge in [0.15, 0.2) is 11.5 Å². The van der Waals surface area contributed by atoms with Gasteiger partial charge in [0.1, 0.15) is 5.75 Å². The second-order valence-corrected chi connectivity index (χ2v) is 7.95. The van der Waals surface area contributed by atoms with Gasteiger partial charge < -0.3 is 14.6 Å². The largest absolute Gasteiger partial charge is 0.508 e. The molecule has 1 saturated heterocycles. The first-order chi connectivity index (χ1) is 14.6. The molecule has 7 nitrogen and oxygen atoms in total. The van der Waals surface area contributed by atoms with E-state index in [2.05, 4.69) is 10.2 Å². The van der Waals surface area contributed by atoms with Gasteiger partial charge in [0.2, 0.25) is 0 Å². The second-order valence-electron chi connectivity index (χ2n) is 7.95. The molecule has 1 aliphatic rings. The van der Waals surface area contributed by atoms with Crippen molar-refractivity contribution < 1.29 is 9.90 Å². The van der Waals surface area contributed by atoms with Crippen LogP contribution >= 0.6 is 0 Å². The number of benzene rings is 1. The lowest BCUT2D eigenvalue weighted by molar-refractivity contribution is 0.0786. The molecular weight excluding hydrogens is 378 g/mol. The van der Waals surface area contributed by atoms with Crippen LogP contribution in [0.4, 0.5) is 0 Å². The number of amides is 1. The van der Waals surface area contributed by atoms with Gasteiger partial charge in [-0.1, -0.05) is 12.1 Å². The number of likely N-dealkylation sites (tertiary alicyclic amines) is 1. The lowest BCUT2D eigenvalue weighted by atomic mass is 9.98. The molecule has 1 N–H and O–H groups in total. The molecule has 1 amide bonds. The highest BCUT2D eigenvalue weighted by Gasteiger charge is 2.27. The van der Waals surface area contributed by atoms with E-state index in [1.165, 1.54) is 0 Å². The highest BCUT2D eigenvalue weighted by molar-refractivity contribution is 5.94. The highest BCUT2D eigenvalue weighted by Crippen LogP contribution is 2.25. The van der Waals surface area contributed by atoms with Gasteiger partial charge in [0.25, 0.3) is 5.91 Å². The molecule has 0 radical (unpaired) electrons. The van der Waals surface area contributed by atoms with Crippen molar-refractivity contribution in [1.29, 1.82) is 0 Å². The molecule has 5 rings (SSSR count). The van der Waals surface area contributed by atoms with Gasteiger partial charge in [0.05, 0.1) is 11.3 Å². The number of phenols is 1. The minimum Gasteiger partial charge on any atom is -0.508 e. The number of aromatic nitrogens is 4. The molecule has 152 valence electrons. The molecule has 0 saturated carbocycles. The van der Waals surface area contributed by atoms with Crippen LogP contribution in [-0.2, 0) is 13.5 Å². The molecule has 1 aromatic carbocycles. The van der Waals surface area contributed by atoms with E-state index in [4.69, 9.17) is 0 Å². The number of fused-ring (bicyclic) bond motifs is 1. The van der Waals surface area contributed by atoms with Crippen molar-refractivity contribution in [3.8, 4) is 17.3 Å². The molecule has 4 heterocycles. The molecule has 0 bridgehead atoms. The molecule has 3 aromatic heterocycles. The average Bonchev–Trinajstić information content (AvgIpc) is 3.46. The fraction of sp³-hybridized carbons (Fsp3) is 0.261. The molecule has 1 atom stereocenters. The van der Waals surface area contributed by atoms with Crippen molar-refractivity contribution in [2.45, 2.75) is 12.8 Å². The number of pyridine rings is 1. The smallest absolute Gasteiger partial charge is 0.255 e. The van der Waals surface area contributed by atoms with Gasteiger partial charge in [-0.25, -0.2) is 0 Å². The van der Waals surface area contributed by atoms with Crippen molar-refractivity contribution in [3.05, 3.63) is 72.1 Å². The molecule has 1 unspecified atom stereocenters. The number of nitrogens with zero attached hydrogens (tertiary/aromatic N) is 5. The van der Waals surface area contributed by atoms with E-state index in [-0.39, 0.29) is 11.7 Å². The van der Waals surface area contributed by atoms with Crippen molar-refractivity contribution in [2.24, 2.45) is 13.0 Å². The van der Waals surface area contributed by atoms with E-state index in [1.54, 1.807) is 12.1 Å². The Hall–Kier alpha value is -3.61. The first-order valence-corrected chi connectivity index (χ1v) is 10.1. The Bertz CT molecular complexity index is 1230. The third-order valence-electron chi connectivity index (χ3n) is 5.83. The van der Waals surface area contributed by atoms with Crippen LogP contribution in [0.25, 0.3) is 17.2 Å². The molecule has 30 heavy (non-hydrogen) atoms. The number of carbonyl (C=O) groups excluding carboxylic acids is 1. The maximum absolute atomic E-state index is 13.2. The summed E-state index contributed by atoms with van der Waals surface area (Å²) in [5, 5.41) is 18.2. The summed E-state index contributed by atoms with van der Waals surface area (Å²) in [5.74, 6) is 1.43. The summed E-state index contributed by atoms with van der Waals surface area (Å²) in [4.78, 5) is 15.1. The number of hydrogen-bond donors (Lipinski definition) is 1. The van der Waals surface area contributed by atoms with Gasteiger partial charge in [-0.2, -0.15) is 0 Å². The van der Waals surface area contributed by atoms with E-state index in [0.717, 1.165) is 43.0 Å². The lowest BCUT2D eigenvalue weighted by Gasteiger charge is -2.17. The van der Waals surface area contributed by atoms with Crippen molar-refractivity contribution in [3.63, 3.8) is 0 Å². The molecular formula is C23H23N5O2. The van der Waals surface area contributed by atoms with Crippen LogP contribution in [-0.4, -0.2) is 48.2 Å². The Morgan fingerprint density at radius 1 is 1.17 bits per heavy atom. The summed E-state index contributed by atoms with van der Waals surface area (Å²) in [6.45, 7) is 1.46. The van der Waals surface area contributed by atoms with Crippen LogP contribution in [0.1, 0.15) is 22.3 Å². The number of hydrogen-bond acceptors (Lipinski definition) is 4. The van der Waals surface area contributed by atoms with Crippen molar-refractivity contribution in [1.82, 2.24) is 24.1 Å². The Labute approximate surface area is 174 Å². The van der Waals surface area contributed by atoms with E-state index in [9.17, 15) is 9.90 Å². The molecule has 7 heteroatoms. The van der Waals surface area contributed by atoms with Crippen LogP contribution < -0.4 is 0 Å². The van der Waals surface area contributed by atoms with Crippen molar-refractivity contribution in [2.75, 3.05) is 13.1 Å². The van der Waals surface area contributed by atoms with Crippen LogP contribution in [0.3, 0.4) is 0 Å². The number of rotatable bonds is 4. The van der Waals surface area contributed by atoms with E-state index >= 15 is 0 Å². The summed E-state index contributed by atoms with van der Waals surface area (Å²) in [7, 11) is 1.96. The van der Waals surface area contributed by atoms with Gasteiger partial charge in [-0.15, -0.1) is 10.2 Å². The Kier molecular flexibility index (Phi) is 4.50.